The van der Waals surface area contributed by atoms with Gasteiger partial charge in [0, 0.05) is 0 Å². The van der Waals surface area contributed by atoms with Crippen LogP contribution in [0, 0.1) is 0 Å². The van der Waals surface area contributed by atoms with Crippen LogP contribution in [0.1, 0.15) is 52.7 Å². The van der Waals surface area contributed by atoms with E-state index in [4.69, 9.17) is 4.42 Å². The molecule has 0 bridgehead atoms. The molecule has 1 aromatic heterocycles. The van der Waals surface area contributed by atoms with Gasteiger partial charge in [0.2, 0.25) is 0 Å². The van der Waals surface area contributed by atoms with Gasteiger partial charge in [0.05, 0.1) is 0 Å². The second kappa shape index (κ2) is 22.8. The average molecular weight is 1250 g/mol. The predicted octanol–water partition coefficient (Wildman–Crippen LogP) is 20.1. The van der Waals surface area contributed by atoms with E-state index in [1.807, 2.05) is 0 Å². The number of hydrogen-bond donors (Lipinski definition) is 0. The van der Waals surface area contributed by atoms with Crippen LogP contribution in [-0.2, 0) is 10.8 Å². The van der Waals surface area contributed by atoms with Gasteiger partial charge in [-0.2, -0.15) is 0 Å². The van der Waals surface area contributed by atoms with Crippen LogP contribution in [0.2, 0.25) is 0 Å². The maximum absolute atomic E-state index is 6.80. The van der Waals surface area contributed by atoms with Crippen molar-refractivity contribution in [3.8, 4) is 44.5 Å². The fourth-order valence-electron chi connectivity index (χ4n) is 14.0. The van der Waals surface area contributed by atoms with Crippen LogP contribution < -0.4 is 40.0 Å². The number of hydrogen-bond acceptors (Lipinski definition) is 4. The Labute approximate surface area is 547 Å². The molecule has 6 heteroatoms. The van der Waals surface area contributed by atoms with Crippen molar-refractivity contribution in [2.75, 3.05) is 14.7 Å². The summed E-state index contributed by atoms with van der Waals surface area (Å²) in [4.78, 5) is 7.63. The predicted molar refractivity (Wildman–Crippen MR) is 393 cm³/mol. The molecule has 3 heterocycles. The molecule has 0 saturated heterocycles. The summed E-state index contributed by atoms with van der Waals surface area (Å²) in [6.07, 6.45) is 0. The molecule has 92 heavy (non-hydrogen) atoms. The SMILES string of the molecule is CC(C)(C)c1ccc(-c2cccc(-c3ccc(C(C)(C)C)cc3)c2N2c3cc(N(c4ccccc4)c4cccc(-c5ccccc5)c4)ccc3B3c4ccc5oc6ccccc6c5c4[Se]c4cc(N(c5ccccc5)c5cccc(-c6ccccc6)c5)cc2c43)cc1. The molecule has 0 amide bonds. The Morgan fingerprint density at radius 2 is 0.804 bits per heavy atom. The number of anilines is 9. The van der Waals surface area contributed by atoms with E-state index >= 15 is 0 Å². The van der Waals surface area contributed by atoms with E-state index in [9.17, 15) is 0 Å². The summed E-state index contributed by atoms with van der Waals surface area (Å²) in [5, 5.41) is 2.37. The zero-order valence-electron chi connectivity index (χ0n) is 52.6. The Bertz CT molecular complexity index is 5020. The van der Waals surface area contributed by atoms with Crippen LogP contribution in [-0.4, -0.2) is 21.7 Å². The summed E-state index contributed by atoms with van der Waals surface area (Å²) in [5.74, 6) is 0. The Morgan fingerprint density at radius 3 is 1.36 bits per heavy atom. The number of rotatable bonds is 11. The third kappa shape index (κ3) is 10.1. The van der Waals surface area contributed by atoms with Crippen LogP contribution in [0.4, 0.5) is 51.2 Å². The molecule has 0 spiro atoms. The van der Waals surface area contributed by atoms with Gasteiger partial charge in [-0.1, -0.05) is 30.3 Å². The number of nitrogens with zero attached hydrogens (tertiary/aromatic N) is 3. The van der Waals surface area contributed by atoms with Crippen molar-refractivity contribution in [1.82, 2.24) is 0 Å². The summed E-state index contributed by atoms with van der Waals surface area (Å²) in [7, 11) is 0. The molecule has 0 saturated carbocycles. The first-order valence-corrected chi connectivity index (χ1v) is 33.7. The van der Waals surface area contributed by atoms with E-state index in [0.29, 0.717) is 0 Å². The van der Waals surface area contributed by atoms with E-state index in [2.05, 4.69) is 360 Å². The van der Waals surface area contributed by atoms with Crippen LogP contribution in [0.15, 0.2) is 308 Å². The van der Waals surface area contributed by atoms with Gasteiger partial charge < -0.3 is 0 Å². The molecule has 0 unspecified atom stereocenters. The fourth-order valence-corrected chi connectivity index (χ4v) is 16.8. The quantitative estimate of drug-likeness (QED) is 0.120. The molecule has 2 aliphatic rings. The van der Waals surface area contributed by atoms with Crippen molar-refractivity contribution in [2.45, 2.75) is 52.4 Å². The first kappa shape index (κ1) is 56.8. The van der Waals surface area contributed by atoms with Gasteiger partial charge in [0.15, 0.2) is 0 Å². The fraction of sp³-hybridized carbons (Fsp3) is 0.0930. The standard InChI is InChI=1S/C86H68BN3OSe/c1-85(2,3)63-44-40-59(41-45-63)71-37-23-38-72(60-42-46-64(47-43-60)86(4,5)6)83(71)90-76-54-69(88(65-30-15-9-16-31-65)67-34-21-28-61(52-67)57-24-11-7-12-25-57)48-49-74(76)87-75-50-51-79-81(73-36-19-20-39-78(73)91-79)84(75)92-80-56-70(55-77(90)82(80)87)89(66-32-17-10-18-33-66)68-35-22-29-62(53-68)58-26-13-8-14-27-58/h7-56H,1-6H3. The van der Waals surface area contributed by atoms with E-state index in [1.165, 1.54) is 53.0 Å². The Hall–Kier alpha value is -10.4. The van der Waals surface area contributed by atoms with E-state index in [1.54, 1.807) is 0 Å². The molecule has 0 radical (unpaired) electrons. The summed E-state index contributed by atoms with van der Waals surface area (Å²) in [6.45, 7) is 13.7. The Kier molecular flexibility index (Phi) is 14.1. The monoisotopic (exact) mass is 1250 g/mol. The maximum atomic E-state index is 6.80. The first-order chi connectivity index (χ1) is 44.9. The van der Waals surface area contributed by atoms with Gasteiger partial charge in [-0.05, 0) is 0 Å². The normalized spacial score (nSPS) is 12.6. The summed E-state index contributed by atoms with van der Waals surface area (Å²) >= 11 is -0.183. The van der Waals surface area contributed by atoms with Crippen LogP contribution >= 0.6 is 0 Å². The minimum absolute atomic E-state index is 0.0302. The topological polar surface area (TPSA) is 22.9 Å². The van der Waals surface area contributed by atoms with Crippen LogP contribution in [0.5, 0.6) is 0 Å². The van der Waals surface area contributed by atoms with Gasteiger partial charge in [0.25, 0.3) is 0 Å². The molecule has 2 aliphatic heterocycles. The van der Waals surface area contributed by atoms with Crippen molar-refractivity contribution in [2.24, 2.45) is 0 Å². The van der Waals surface area contributed by atoms with Crippen molar-refractivity contribution in [3.05, 3.63) is 314 Å². The molecule has 0 atom stereocenters. The van der Waals surface area contributed by atoms with Crippen LogP contribution in [0.3, 0.4) is 0 Å². The molecule has 0 N–H and O–H groups in total. The van der Waals surface area contributed by atoms with Crippen molar-refractivity contribution in [1.29, 1.82) is 0 Å². The summed E-state index contributed by atoms with van der Waals surface area (Å²) < 4.78 is 9.50. The first-order valence-electron chi connectivity index (χ1n) is 32.0. The van der Waals surface area contributed by atoms with E-state index < -0.39 is 0 Å². The molecule has 16 rings (SSSR count). The van der Waals surface area contributed by atoms with Crippen molar-refractivity contribution < 1.29 is 4.42 Å². The van der Waals surface area contributed by atoms with Gasteiger partial charge in [0.1, 0.15) is 0 Å². The molecule has 0 aliphatic carbocycles. The molecular formula is C86H68BN3OSe. The number of fused-ring (bicyclic) bond motifs is 8. The molecular weight excluding hydrogens is 1180 g/mol. The molecule has 13 aromatic carbocycles. The number of furan rings is 1. The number of para-hydroxylation sites is 4. The van der Waals surface area contributed by atoms with Gasteiger partial charge in [-0.15, -0.1) is 0 Å². The van der Waals surface area contributed by atoms with Gasteiger partial charge in [-0.3, -0.25) is 0 Å². The van der Waals surface area contributed by atoms with Gasteiger partial charge in [-0.25, -0.2) is 0 Å². The zero-order chi connectivity index (χ0) is 62.2. The van der Waals surface area contributed by atoms with E-state index in [-0.39, 0.29) is 32.5 Å². The third-order valence-electron chi connectivity index (χ3n) is 18.6. The molecule has 4 nitrogen and oxygen atoms in total. The van der Waals surface area contributed by atoms with E-state index in [0.717, 1.165) is 101 Å². The summed E-state index contributed by atoms with van der Waals surface area (Å²) in [6, 6.07) is 113. The zero-order valence-corrected chi connectivity index (χ0v) is 54.3. The van der Waals surface area contributed by atoms with Crippen molar-refractivity contribution >= 4 is 120 Å². The third-order valence-corrected chi connectivity index (χ3v) is 21.1. The van der Waals surface area contributed by atoms with Crippen LogP contribution in [0.25, 0.3) is 66.4 Å². The summed E-state index contributed by atoms with van der Waals surface area (Å²) in [5.41, 5.74) is 27.4. The second-order valence-corrected chi connectivity index (χ2v) is 28.7. The van der Waals surface area contributed by atoms with Gasteiger partial charge >= 0.3 is 520 Å². The minimum atomic E-state index is -0.183. The Morgan fingerprint density at radius 1 is 0.348 bits per heavy atom. The van der Waals surface area contributed by atoms with Crippen molar-refractivity contribution in [3.63, 3.8) is 0 Å². The molecule has 0 fully saturated rings. The number of benzene rings is 13. The molecule has 442 valence electrons. The Balaban J connectivity index is 1.03. The average Bonchev–Trinajstić information content (AvgIpc) is 0.914. The second-order valence-electron chi connectivity index (χ2n) is 26.5. The molecule has 14 aromatic rings.